The Bertz CT molecular complexity index is 1400. The molecule has 0 aromatic heterocycles. The maximum atomic E-state index is 2.47. The van der Waals surface area contributed by atoms with Gasteiger partial charge in [0.15, 0.2) is 0 Å². The van der Waals surface area contributed by atoms with Gasteiger partial charge in [0.1, 0.15) is 7.28 Å². The largest absolute Gasteiger partial charge is 0.124 e. The van der Waals surface area contributed by atoms with Crippen molar-refractivity contribution >= 4 is 12.9 Å². The van der Waals surface area contributed by atoms with E-state index in [0.29, 0.717) is 17.8 Å². The average Bonchev–Trinajstić information content (AvgIpc) is 3.09. The molecule has 0 fully saturated rings. The molecule has 0 aliphatic heterocycles. The van der Waals surface area contributed by atoms with Gasteiger partial charge in [-0.25, -0.2) is 0 Å². The van der Waals surface area contributed by atoms with Gasteiger partial charge in [-0.15, -0.1) is 0 Å². The second-order valence-corrected chi connectivity index (χ2v) is 11.4. The summed E-state index contributed by atoms with van der Waals surface area (Å²) in [5.74, 6) is 1.48. The lowest BCUT2D eigenvalue weighted by Gasteiger charge is -2.34. The van der Waals surface area contributed by atoms with Crippen LogP contribution in [0.1, 0.15) is 45.2 Å². The molecule has 0 nitrogen and oxygen atoms in total. The molecular weight excluding hydrogens is 431 g/mol. The Morgan fingerprint density at radius 3 is 2.17 bits per heavy atom. The van der Waals surface area contributed by atoms with E-state index in [1.165, 1.54) is 44.6 Å². The fraction of sp³-hybridized carbons (Fsp3) is 0.314. The maximum absolute atomic E-state index is 2.47. The van der Waals surface area contributed by atoms with Gasteiger partial charge in [0.05, 0.1) is 5.41 Å². The molecule has 0 amide bonds. The van der Waals surface area contributed by atoms with Gasteiger partial charge in [0.25, 0.3) is 0 Å². The zero-order valence-electron chi connectivity index (χ0n) is 22.3. The third kappa shape index (κ3) is 3.21. The highest BCUT2D eigenvalue weighted by atomic mass is 14.5. The maximum Gasteiger partial charge on any atom is 0.124 e. The third-order valence-electron chi connectivity index (χ3n) is 9.07. The van der Waals surface area contributed by atoms with Gasteiger partial charge < -0.3 is 0 Å². The fourth-order valence-electron chi connectivity index (χ4n) is 6.61. The Balaban J connectivity index is 1.70. The molecule has 0 saturated carbocycles. The Morgan fingerprint density at radius 2 is 1.39 bits per heavy atom. The summed E-state index contributed by atoms with van der Waals surface area (Å²) in [6.45, 7) is 11.4. The predicted octanol–water partition coefficient (Wildman–Crippen LogP) is 8.91. The smallest absolute Gasteiger partial charge is 0.0908 e. The fourth-order valence-corrected chi connectivity index (χ4v) is 6.61. The first-order valence-corrected chi connectivity index (χ1v) is 13.7. The van der Waals surface area contributed by atoms with Gasteiger partial charge in [0.2, 0.25) is 0 Å². The van der Waals surface area contributed by atoms with Crippen molar-refractivity contribution in [2.24, 2.45) is 17.8 Å². The van der Waals surface area contributed by atoms with Gasteiger partial charge in [-0.3, -0.25) is 0 Å². The van der Waals surface area contributed by atoms with Crippen LogP contribution in [0.4, 0.5) is 0 Å². The van der Waals surface area contributed by atoms with E-state index in [9.17, 15) is 0 Å². The van der Waals surface area contributed by atoms with E-state index in [1.54, 1.807) is 0 Å². The second kappa shape index (κ2) is 8.51. The van der Waals surface area contributed by atoms with Crippen molar-refractivity contribution in [1.29, 1.82) is 0 Å². The Kier molecular flexibility index (Phi) is 5.52. The van der Waals surface area contributed by atoms with Crippen molar-refractivity contribution in [2.75, 3.05) is 0 Å². The molecular formula is C35H36B. The molecule has 0 bridgehead atoms. The van der Waals surface area contributed by atoms with Crippen LogP contribution < -0.4 is 0 Å². The van der Waals surface area contributed by atoms with Crippen molar-refractivity contribution < 1.29 is 0 Å². The summed E-state index contributed by atoms with van der Waals surface area (Å²) in [5.41, 5.74) is 10.9. The van der Waals surface area contributed by atoms with Crippen molar-refractivity contribution in [3.8, 4) is 0 Å². The lowest BCUT2D eigenvalue weighted by atomic mass is 9.54. The third-order valence-corrected chi connectivity index (χ3v) is 9.07. The first-order chi connectivity index (χ1) is 17.4. The zero-order chi connectivity index (χ0) is 25.1. The number of allylic oxidation sites excluding steroid dienone is 18. The highest BCUT2D eigenvalue weighted by molar-refractivity contribution is 6.40. The van der Waals surface area contributed by atoms with Crippen LogP contribution in [0.5, 0.6) is 0 Å². The molecule has 179 valence electrons. The minimum atomic E-state index is -0.299. The normalized spacial score (nSPS) is 31.6. The molecule has 4 atom stereocenters. The standard InChI is InChI=1S/C35H36B/c1-6-24-11-15-27-26-9-7-8-10-30(26)35(31(27)17-12-24)32-18-14-25(23(2)3)13-16-28(32)29-19-21-34(4,36-5)22-20-33(29)35/h7-25H,6H2,1-5H3. The Morgan fingerprint density at radius 1 is 0.778 bits per heavy atom. The van der Waals surface area contributed by atoms with Crippen LogP contribution in [0.15, 0.2) is 125 Å². The van der Waals surface area contributed by atoms with Crippen molar-refractivity contribution in [3.05, 3.63) is 136 Å². The molecule has 6 rings (SSSR count). The molecule has 1 aromatic rings. The lowest BCUT2D eigenvalue weighted by Crippen LogP contribution is -2.28. The molecule has 1 radical (unpaired) electrons. The van der Waals surface area contributed by atoms with E-state index in [4.69, 9.17) is 0 Å². The molecule has 1 heteroatoms. The zero-order valence-corrected chi connectivity index (χ0v) is 22.3. The van der Waals surface area contributed by atoms with Crippen LogP contribution in [-0.4, -0.2) is 7.28 Å². The first kappa shape index (κ1) is 23.3. The molecule has 5 aliphatic rings. The molecule has 1 spiro atoms. The predicted molar refractivity (Wildman–Crippen MR) is 156 cm³/mol. The summed E-state index contributed by atoms with van der Waals surface area (Å²) in [6.07, 6.45) is 30.2. The van der Waals surface area contributed by atoms with Crippen LogP contribution in [-0.2, 0) is 5.41 Å². The van der Waals surface area contributed by atoms with Gasteiger partial charge in [0, 0.05) is 0 Å². The van der Waals surface area contributed by atoms with Crippen LogP contribution in [0, 0.1) is 17.8 Å². The van der Waals surface area contributed by atoms with E-state index in [1.807, 2.05) is 0 Å². The number of fused-ring (bicyclic) bond motifs is 7. The summed E-state index contributed by atoms with van der Waals surface area (Å²) >= 11 is 0. The van der Waals surface area contributed by atoms with E-state index in [0.717, 1.165) is 6.42 Å². The molecule has 5 aliphatic carbocycles. The van der Waals surface area contributed by atoms with Crippen LogP contribution in [0.25, 0.3) is 5.57 Å². The van der Waals surface area contributed by atoms with E-state index in [-0.39, 0.29) is 10.7 Å². The highest BCUT2D eigenvalue weighted by Crippen LogP contribution is 2.63. The summed E-state index contributed by atoms with van der Waals surface area (Å²) in [4.78, 5) is 0. The monoisotopic (exact) mass is 467 g/mol. The molecule has 4 unspecified atom stereocenters. The van der Waals surface area contributed by atoms with Crippen LogP contribution in [0.2, 0.25) is 12.1 Å². The van der Waals surface area contributed by atoms with Gasteiger partial charge in [-0.1, -0.05) is 132 Å². The van der Waals surface area contributed by atoms with Crippen molar-refractivity contribution in [2.45, 2.75) is 51.7 Å². The summed E-state index contributed by atoms with van der Waals surface area (Å²) < 4.78 is 0. The topological polar surface area (TPSA) is 0 Å². The summed E-state index contributed by atoms with van der Waals surface area (Å²) in [5, 5.41) is -0.0567. The molecule has 1 aromatic carbocycles. The van der Waals surface area contributed by atoms with Gasteiger partial charge in [-0.05, 0) is 74.1 Å². The van der Waals surface area contributed by atoms with E-state index in [2.05, 4.69) is 139 Å². The van der Waals surface area contributed by atoms with E-state index >= 15 is 0 Å². The summed E-state index contributed by atoms with van der Waals surface area (Å²) in [6, 6.07) is 9.13. The van der Waals surface area contributed by atoms with Crippen molar-refractivity contribution in [3.63, 3.8) is 0 Å². The second-order valence-electron chi connectivity index (χ2n) is 11.4. The minimum Gasteiger partial charge on any atom is -0.0908 e. The number of benzene rings is 1. The molecule has 0 saturated heterocycles. The highest BCUT2D eigenvalue weighted by Gasteiger charge is 2.53. The summed E-state index contributed by atoms with van der Waals surface area (Å²) in [7, 11) is 2.30. The number of hydrogen-bond donors (Lipinski definition) is 0. The first-order valence-electron chi connectivity index (χ1n) is 13.7. The van der Waals surface area contributed by atoms with Crippen molar-refractivity contribution in [1.82, 2.24) is 0 Å². The van der Waals surface area contributed by atoms with Crippen LogP contribution >= 0.6 is 0 Å². The SMILES string of the molecule is C[B]C1(C)C=CC2=C(C=C1)C1(C3=C2C=CC(C(C)C)C=C3)C2=C(C=CC(CC)C=C2)c2ccccc21. The Hall–Kier alpha value is -3.06. The molecule has 0 N–H and O–H groups in total. The lowest BCUT2D eigenvalue weighted by molar-refractivity contribution is 0.550. The number of rotatable bonds is 3. The molecule has 0 heterocycles. The van der Waals surface area contributed by atoms with Gasteiger partial charge in [-0.2, -0.15) is 0 Å². The number of hydrogen-bond acceptors (Lipinski definition) is 0. The average molecular weight is 467 g/mol. The Labute approximate surface area is 218 Å². The van der Waals surface area contributed by atoms with Gasteiger partial charge >= 0.3 is 0 Å². The molecule has 36 heavy (non-hydrogen) atoms. The minimum absolute atomic E-state index is 0.0567. The van der Waals surface area contributed by atoms with E-state index < -0.39 is 0 Å². The quantitative estimate of drug-likeness (QED) is 0.389. The van der Waals surface area contributed by atoms with Crippen LogP contribution in [0.3, 0.4) is 0 Å².